The fourth-order valence-electron chi connectivity index (χ4n) is 9.30. The first kappa shape index (κ1) is 67.0. The Morgan fingerprint density at radius 3 is 1.56 bits per heavy atom. The summed E-state index contributed by atoms with van der Waals surface area (Å²) in [7, 11) is -5.37. The Hall–Kier alpha value is -2.76. The van der Waals surface area contributed by atoms with E-state index in [9.17, 15) is 109 Å². The fraction of sp³-hybridized carbons (Fsp3) is 0.929. The van der Waals surface area contributed by atoms with Gasteiger partial charge >= 0.3 is 10.4 Å². The molecule has 0 aliphatic carbocycles. The maximum Gasteiger partial charge on any atom is 0.397 e. The van der Waals surface area contributed by atoms with Crippen LogP contribution >= 0.6 is 0 Å². The molecule has 5 fully saturated rings. The molecule has 20 N–H and O–H groups in total. The van der Waals surface area contributed by atoms with E-state index in [-0.39, 0.29) is 0 Å². The van der Waals surface area contributed by atoms with E-state index in [1.54, 1.807) is 0 Å². The predicted molar refractivity (Wildman–Crippen MR) is 245 cm³/mol. The van der Waals surface area contributed by atoms with Crippen LogP contribution in [0.15, 0.2) is 0 Å². The van der Waals surface area contributed by atoms with Gasteiger partial charge in [0.2, 0.25) is 17.7 Å². The molecule has 5 rings (SSSR count). The van der Waals surface area contributed by atoms with Crippen molar-refractivity contribution in [2.75, 3.05) is 39.6 Å². The minimum Gasteiger partial charge on any atom is -0.394 e. The zero-order valence-corrected chi connectivity index (χ0v) is 43.3. The Kier molecular flexibility index (Phi) is 24.7. The Balaban J connectivity index is 1.39. The van der Waals surface area contributed by atoms with Crippen LogP contribution in [0.2, 0.25) is 0 Å². The van der Waals surface area contributed by atoms with Crippen LogP contribution in [0.1, 0.15) is 27.7 Å². The van der Waals surface area contributed by atoms with Gasteiger partial charge in [-0.25, -0.2) is 4.18 Å². The van der Waals surface area contributed by atoms with Crippen LogP contribution in [0.3, 0.4) is 0 Å². The SMILES string of the molecule is CC(=O)N[C@H]1[C@H](OC[C@@H](O)[C@H](O)[C@H](O[C@@H]2O[C@H](CO)[C@H](O[C@H]3O[C@H](CO)[C@@H](O)[C@H](O)[C@H]3NC(C)=O)[C@H](O)[C@H]2O)[C@H](CO)NC(C)=O)O[C@H](COS(=O)(=O)O)[C@@H](O[C@@H]2O[C@H](CO)[C@H](O)[C@H](O)[C@H]2O[C@@H]2O[C@@H](C)[C@@H](O)[C@@H](O)[C@@H]2O)[C@@H]1O. The molecule has 0 spiro atoms. The van der Waals surface area contributed by atoms with Gasteiger partial charge in [-0.2, -0.15) is 8.42 Å². The van der Waals surface area contributed by atoms with E-state index in [2.05, 4.69) is 20.1 Å². The molecule has 0 aromatic heterocycles. The summed E-state index contributed by atoms with van der Waals surface area (Å²) in [5.41, 5.74) is 0. The number of nitrogens with one attached hydrogen (secondary N) is 3. The minimum absolute atomic E-state index is 0.757. The lowest BCUT2D eigenvalue weighted by Gasteiger charge is -2.49. The van der Waals surface area contributed by atoms with Gasteiger partial charge in [-0.15, -0.1) is 0 Å². The van der Waals surface area contributed by atoms with E-state index in [0.717, 1.165) is 20.8 Å². The lowest BCUT2D eigenvalue weighted by atomic mass is 9.95. The molecular weight excluding hydrogens is 1110 g/mol. The molecule has 0 aromatic carbocycles. The van der Waals surface area contributed by atoms with E-state index < -0.39 is 246 Å². The molecule has 5 heterocycles. The summed E-state index contributed by atoms with van der Waals surface area (Å²) in [5.74, 6) is -2.55. The maximum atomic E-state index is 12.6. The first-order chi connectivity index (χ1) is 37.0. The molecule has 36 nitrogen and oxygen atoms in total. The molecule has 460 valence electrons. The highest BCUT2D eigenvalue weighted by Gasteiger charge is 2.56. The summed E-state index contributed by atoms with van der Waals surface area (Å²) in [6, 6.07) is -5.19. The molecule has 5 aliphatic heterocycles. The molecule has 5 saturated heterocycles. The van der Waals surface area contributed by atoms with Crippen molar-refractivity contribution in [3.63, 3.8) is 0 Å². The number of amides is 3. The molecule has 0 aromatic rings. The summed E-state index contributed by atoms with van der Waals surface area (Å²) >= 11 is 0. The topological polar surface area (TPSA) is 567 Å². The largest absolute Gasteiger partial charge is 0.397 e. The van der Waals surface area contributed by atoms with Crippen molar-refractivity contribution in [2.45, 2.75) is 205 Å². The van der Waals surface area contributed by atoms with Crippen molar-refractivity contribution in [1.82, 2.24) is 16.0 Å². The molecule has 37 heteroatoms. The van der Waals surface area contributed by atoms with Gasteiger partial charge < -0.3 is 145 Å². The third-order valence-corrected chi connectivity index (χ3v) is 13.9. The summed E-state index contributed by atoms with van der Waals surface area (Å²) in [4.78, 5) is 36.9. The van der Waals surface area contributed by atoms with Crippen LogP contribution in [0.4, 0.5) is 0 Å². The standard InChI is InChI=1S/C42H73N3O33S/c1-11-23(54)29(60)32(63)40(70-11)78-37-30(61)26(57)18(7-48)72-42(37)77-36-20(10-69-79(65,66)67)74-38(22(28(36)59)45-14(4)52)68-9-16(53)24(55)34(15(5-46)43-12(2)50)75-41-33(64)31(62)35(19(8-49)73-41)76-39-21(44-13(3)51)27(58)25(56)17(6-47)71-39/h11,15-42,46-49,53-64H,5-10H2,1-4H3,(H,43,50)(H,44,51)(H,45,52)(H,65,66,67)/t11-,15-,16+,17+,18+,19+,20+,21+,22+,23+,24-,25+,26-,27+,28+,29+,30-,31+,32-,33+,34+,35-,36+,37+,38+,39+,40-,41-,42-/m0/s1. The Bertz CT molecular complexity index is 2060. The monoisotopic (exact) mass is 1180 g/mol. The first-order valence-electron chi connectivity index (χ1n) is 24.5. The molecule has 0 saturated carbocycles. The molecule has 5 aliphatic rings. The minimum atomic E-state index is -5.37. The van der Waals surface area contributed by atoms with Crippen molar-refractivity contribution in [2.24, 2.45) is 0 Å². The molecule has 29 atom stereocenters. The van der Waals surface area contributed by atoms with E-state index in [4.69, 9.17) is 47.4 Å². The van der Waals surface area contributed by atoms with Crippen molar-refractivity contribution < 1.29 is 161 Å². The average Bonchev–Trinajstić information content (AvgIpc) is 3.40. The normalized spacial score (nSPS) is 42.8. The highest BCUT2D eigenvalue weighted by atomic mass is 32.3. The predicted octanol–water partition coefficient (Wildman–Crippen LogP) is -13.2. The number of carbonyl (C=O) groups excluding carboxylic acids is 3. The van der Waals surface area contributed by atoms with E-state index in [1.165, 1.54) is 6.92 Å². The number of aliphatic hydroxyl groups is 16. The number of hydrogen-bond donors (Lipinski definition) is 20. The van der Waals surface area contributed by atoms with Gasteiger partial charge in [-0.05, 0) is 6.92 Å². The van der Waals surface area contributed by atoms with E-state index >= 15 is 0 Å². The Labute approximate surface area is 449 Å². The van der Waals surface area contributed by atoms with Crippen molar-refractivity contribution in [1.29, 1.82) is 0 Å². The summed E-state index contributed by atoms with van der Waals surface area (Å²) in [6.07, 6.45) is -50.9. The summed E-state index contributed by atoms with van der Waals surface area (Å²) in [5, 5.41) is 179. The van der Waals surface area contributed by atoms with Gasteiger partial charge in [0.1, 0.15) is 134 Å². The summed E-state index contributed by atoms with van der Waals surface area (Å²) in [6.45, 7) is -2.29. The molecule has 3 amide bonds. The first-order valence-corrected chi connectivity index (χ1v) is 25.9. The van der Waals surface area contributed by atoms with Crippen LogP contribution in [-0.2, 0) is 76.3 Å². The second-order valence-electron chi connectivity index (χ2n) is 19.3. The van der Waals surface area contributed by atoms with E-state index in [1.807, 2.05) is 0 Å². The van der Waals surface area contributed by atoms with Gasteiger partial charge in [-0.3, -0.25) is 18.9 Å². The third kappa shape index (κ3) is 16.5. The Morgan fingerprint density at radius 2 is 1.01 bits per heavy atom. The number of hydrogen-bond acceptors (Lipinski definition) is 32. The smallest absolute Gasteiger partial charge is 0.394 e. The molecule has 0 unspecified atom stereocenters. The summed E-state index contributed by atoms with van der Waals surface area (Å²) < 4.78 is 94.7. The van der Waals surface area contributed by atoms with Gasteiger partial charge in [0.05, 0.1) is 51.8 Å². The van der Waals surface area contributed by atoms with Crippen molar-refractivity contribution in [3.05, 3.63) is 0 Å². The number of carbonyl (C=O) groups is 3. The second-order valence-corrected chi connectivity index (χ2v) is 20.4. The average molecular weight is 1180 g/mol. The second kappa shape index (κ2) is 29.2. The quantitative estimate of drug-likeness (QED) is 0.0399. The highest BCUT2D eigenvalue weighted by molar-refractivity contribution is 7.80. The van der Waals surface area contributed by atoms with Gasteiger partial charge in [0.25, 0.3) is 0 Å². The Morgan fingerprint density at radius 1 is 0.532 bits per heavy atom. The third-order valence-electron chi connectivity index (χ3n) is 13.4. The van der Waals surface area contributed by atoms with Gasteiger partial charge in [-0.1, -0.05) is 0 Å². The number of ether oxygens (including phenoxy) is 10. The molecular formula is C42H73N3O33S. The van der Waals surface area contributed by atoms with Crippen LogP contribution in [0.25, 0.3) is 0 Å². The van der Waals surface area contributed by atoms with Crippen molar-refractivity contribution in [3.8, 4) is 0 Å². The van der Waals surface area contributed by atoms with Gasteiger partial charge in [0.15, 0.2) is 31.5 Å². The number of rotatable bonds is 24. The van der Waals surface area contributed by atoms with Crippen LogP contribution in [0, 0.1) is 0 Å². The maximum absolute atomic E-state index is 12.6. The zero-order chi connectivity index (χ0) is 59.1. The lowest BCUT2D eigenvalue weighted by molar-refractivity contribution is -0.383. The van der Waals surface area contributed by atoms with E-state index in [0.29, 0.717) is 0 Å². The van der Waals surface area contributed by atoms with Gasteiger partial charge in [0, 0.05) is 20.8 Å². The number of aliphatic hydroxyl groups excluding tert-OH is 16. The van der Waals surface area contributed by atoms with Crippen LogP contribution in [0.5, 0.6) is 0 Å². The molecule has 0 radical (unpaired) electrons. The zero-order valence-electron chi connectivity index (χ0n) is 42.5. The van der Waals surface area contributed by atoms with Crippen molar-refractivity contribution >= 4 is 28.1 Å². The van der Waals surface area contributed by atoms with Crippen LogP contribution in [-0.4, -0.2) is 330 Å². The lowest BCUT2D eigenvalue weighted by Crippen LogP contribution is -2.69. The van der Waals surface area contributed by atoms with Crippen LogP contribution < -0.4 is 16.0 Å². The molecule has 79 heavy (non-hydrogen) atoms. The molecule has 0 bridgehead atoms. The fourth-order valence-corrected chi connectivity index (χ4v) is 9.60. The highest BCUT2D eigenvalue weighted by Crippen LogP contribution is 2.35.